The summed E-state index contributed by atoms with van der Waals surface area (Å²) >= 11 is 6.30. The predicted octanol–water partition coefficient (Wildman–Crippen LogP) is 4.80. The lowest BCUT2D eigenvalue weighted by Gasteiger charge is -2.15. The number of halogens is 4. The number of aromatic carboxylic acids is 1. The number of carbonyl (C=O) groups excluding carboxylic acids is 1. The van der Waals surface area contributed by atoms with E-state index >= 15 is 0 Å². The summed E-state index contributed by atoms with van der Waals surface area (Å²) < 4.78 is 50.7. The molecule has 0 aliphatic carbocycles. The number of carboxylic acids is 1. The Morgan fingerprint density at radius 2 is 1.22 bits per heavy atom. The lowest BCUT2D eigenvalue weighted by Crippen LogP contribution is -2.18. The third-order valence-corrected chi connectivity index (χ3v) is 10.3. The van der Waals surface area contributed by atoms with Gasteiger partial charge in [-0.2, -0.15) is 10.2 Å². The number of carbonyl (C=O) groups is 2. The van der Waals surface area contributed by atoms with Crippen LogP contribution in [0.15, 0.2) is 57.7 Å². The van der Waals surface area contributed by atoms with E-state index in [0.717, 1.165) is 0 Å². The minimum Gasteiger partial charge on any atom is -0.491 e. The zero-order valence-corrected chi connectivity index (χ0v) is 32.2. The van der Waals surface area contributed by atoms with Crippen molar-refractivity contribution in [3.8, 4) is 34.3 Å². The molecule has 0 bridgehead atoms. The summed E-state index contributed by atoms with van der Waals surface area (Å²) in [6.07, 6.45) is 0.634. The largest absolute Gasteiger partial charge is 0.491 e. The predicted molar refractivity (Wildman–Crippen MR) is 194 cm³/mol. The maximum Gasteiger partial charge on any atom is 0.358 e. The van der Waals surface area contributed by atoms with Gasteiger partial charge < -0.3 is 38.7 Å². The van der Waals surface area contributed by atoms with Crippen molar-refractivity contribution in [2.75, 3.05) is 20.3 Å². The second-order valence-electron chi connectivity index (χ2n) is 12.2. The van der Waals surface area contributed by atoms with Gasteiger partial charge in [-0.25, -0.2) is 28.3 Å². The molecule has 0 spiro atoms. The maximum atomic E-state index is 14.0. The Hall–Kier alpha value is -5.44. The quantitative estimate of drug-likeness (QED) is 0.194. The maximum absolute atomic E-state index is 14.0. The molecule has 4 aromatic heterocycles. The van der Waals surface area contributed by atoms with Crippen LogP contribution in [0.25, 0.3) is 22.8 Å². The molecule has 16 nitrogen and oxygen atoms in total. The summed E-state index contributed by atoms with van der Waals surface area (Å²) in [4.78, 5) is 32.9. The third-order valence-electron chi connectivity index (χ3n) is 9.06. The van der Waals surface area contributed by atoms with Gasteiger partial charge in [-0.1, -0.05) is 0 Å². The van der Waals surface area contributed by atoms with Crippen LogP contribution in [0.4, 0.5) is 8.78 Å². The minimum atomic E-state index is -1.27. The monoisotopic (exact) mass is 886 g/mol. The molecule has 0 saturated carbocycles. The first-order chi connectivity index (χ1) is 26.3. The minimum absolute atomic E-state index is 0.0144. The second kappa shape index (κ2) is 15.0. The van der Waals surface area contributed by atoms with E-state index < -0.39 is 35.8 Å². The molecule has 2 aromatic carbocycles. The number of carboxylic acid groups (broad SMARTS) is 1. The molecule has 0 saturated heterocycles. The molecule has 3 N–H and O–H groups in total. The standard InChI is InChI=1S/C18H16BrFN4O4.C17H14BrFN4O4/c1-23-12(3-4-21-23)16(25)15-14(18(26)27-2)22-17-9-7-10(19)11(20)8-13(9)28-6-5-24(15)17;1-22-11(2-3-20-22)15(24)14-13(17(25)26)21-16-8-6-9(18)10(19)7-12(8)27-5-4-23(14)16/h3-4,7-8,16,25H,5-6H2,1-2H3;2-3,6-7,15,24H,4-5H2,1H3,(H,25,26). The number of rotatable bonds is 6. The number of aliphatic hydroxyl groups is 2. The van der Waals surface area contributed by atoms with Crippen LogP contribution in [0.3, 0.4) is 0 Å². The van der Waals surface area contributed by atoms with E-state index in [1.54, 1.807) is 41.6 Å². The first-order valence-electron chi connectivity index (χ1n) is 16.4. The molecule has 0 amide bonds. The Balaban J connectivity index is 0.000000169. The van der Waals surface area contributed by atoms with Crippen LogP contribution in [0.2, 0.25) is 0 Å². The van der Waals surface area contributed by atoms with Crippen molar-refractivity contribution in [2.45, 2.75) is 25.3 Å². The van der Waals surface area contributed by atoms with Gasteiger partial charge in [0.2, 0.25) is 0 Å². The molecule has 2 aliphatic rings. The van der Waals surface area contributed by atoms with Crippen molar-refractivity contribution in [1.29, 1.82) is 0 Å². The van der Waals surface area contributed by atoms with Gasteiger partial charge in [0.1, 0.15) is 60.2 Å². The SMILES string of the molecule is COC(=O)c1nc2n(c1C(O)c1ccnn1C)CCOc1cc(F)c(Br)cc1-2.Cn1nccc1C(O)c1c(C(=O)O)nc2n1CCOc1cc(F)c(Br)cc1-2. The van der Waals surface area contributed by atoms with E-state index in [1.165, 1.54) is 46.9 Å². The number of ether oxygens (including phenoxy) is 3. The summed E-state index contributed by atoms with van der Waals surface area (Å²) in [6.45, 7) is 0.927. The van der Waals surface area contributed by atoms with Gasteiger partial charge in [-0.05, 0) is 56.1 Å². The number of aromatic nitrogens is 8. The number of imidazole rings is 2. The fourth-order valence-electron chi connectivity index (χ4n) is 6.48. The normalized spacial score (nSPS) is 14.0. The molecule has 20 heteroatoms. The van der Waals surface area contributed by atoms with Gasteiger partial charge in [0.15, 0.2) is 11.4 Å². The third kappa shape index (κ3) is 6.78. The van der Waals surface area contributed by atoms with Crippen LogP contribution < -0.4 is 9.47 Å². The summed E-state index contributed by atoms with van der Waals surface area (Å²) in [5.41, 5.74) is 1.95. The Kier molecular flexibility index (Phi) is 10.3. The Morgan fingerprint density at radius 1 is 0.782 bits per heavy atom. The highest BCUT2D eigenvalue weighted by Gasteiger charge is 2.34. The number of nitrogens with zero attached hydrogens (tertiary/aromatic N) is 8. The molecule has 286 valence electrons. The first kappa shape index (κ1) is 37.9. The number of methoxy groups -OCH3 is 1. The number of aliphatic hydroxyl groups excluding tert-OH is 2. The van der Waals surface area contributed by atoms with E-state index in [0.29, 0.717) is 40.6 Å². The van der Waals surface area contributed by atoms with Crippen LogP contribution in [0, 0.1) is 11.6 Å². The van der Waals surface area contributed by atoms with Gasteiger partial charge in [0.25, 0.3) is 0 Å². The molecule has 0 radical (unpaired) electrons. The van der Waals surface area contributed by atoms with E-state index in [-0.39, 0.29) is 63.1 Å². The number of benzene rings is 2. The molecular formula is C35H30Br2F2N8O8. The number of hydrogen-bond acceptors (Lipinski definition) is 11. The fourth-order valence-corrected chi connectivity index (χ4v) is 7.16. The van der Waals surface area contributed by atoms with E-state index in [2.05, 4.69) is 52.0 Å². The molecule has 8 rings (SSSR count). The highest BCUT2D eigenvalue weighted by atomic mass is 79.9. The summed E-state index contributed by atoms with van der Waals surface area (Å²) in [5, 5.41) is 39.6. The van der Waals surface area contributed by atoms with Crippen LogP contribution in [-0.4, -0.2) is 86.2 Å². The molecule has 55 heavy (non-hydrogen) atoms. The van der Waals surface area contributed by atoms with Gasteiger partial charge >= 0.3 is 11.9 Å². The van der Waals surface area contributed by atoms with E-state index in [9.17, 15) is 33.7 Å². The number of esters is 1. The first-order valence-corrected chi connectivity index (χ1v) is 18.0. The number of fused-ring (bicyclic) bond motifs is 6. The molecule has 0 fully saturated rings. The average molecular weight is 888 g/mol. The van der Waals surface area contributed by atoms with Crippen molar-refractivity contribution in [1.82, 2.24) is 38.7 Å². The molecule has 6 aromatic rings. The zero-order chi connectivity index (χ0) is 39.3. The molecule has 2 aliphatic heterocycles. The van der Waals surface area contributed by atoms with Crippen LogP contribution in [0.1, 0.15) is 56.0 Å². The van der Waals surface area contributed by atoms with E-state index in [4.69, 9.17) is 14.2 Å². The van der Waals surface area contributed by atoms with Crippen molar-refractivity contribution >= 4 is 43.8 Å². The van der Waals surface area contributed by atoms with Crippen molar-refractivity contribution in [3.05, 3.63) is 104 Å². The Morgan fingerprint density at radius 3 is 1.62 bits per heavy atom. The molecule has 6 heterocycles. The van der Waals surface area contributed by atoms with Gasteiger partial charge in [0, 0.05) is 38.6 Å². The lowest BCUT2D eigenvalue weighted by molar-refractivity contribution is 0.0586. The summed E-state index contributed by atoms with van der Waals surface area (Å²) in [6, 6.07) is 8.76. The van der Waals surface area contributed by atoms with Gasteiger partial charge in [-0.15, -0.1) is 0 Å². The fraction of sp³-hybridized carbons (Fsp3) is 0.257. The van der Waals surface area contributed by atoms with Crippen molar-refractivity contribution in [2.24, 2.45) is 14.1 Å². The van der Waals surface area contributed by atoms with Crippen LogP contribution in [-0.2, 0) is 31.9 Å². The number of aryl methyl sites for hydroxylation is 2. The van der Waals surface area contributed by atoms with Crippen LogP contribution in [0.5, 0.6) is 11.5 Å². The Bertz CT molecular complexity index is 2480. The zero-order valence-electron chi connectivity index (χ0n) is 29.1. The molecule has 2 atom stereocenters. The van der Waals surface area contributed by atoms with Crippen LogP contribution >= 0.6 is 31.9 Å². The smallest absolute Gasteiger partial charge is 0.358 e. The van der Waals surface area contributed by atoms with Crippen molar-refractivity contribution in [3.63, 3.8) is 0 Å². The highest BCUT2D eigenvalue weighted by molar-refractivity contribution is 9.10. The summed E-state index contributed by atoms with van der Waals surface area (Å²) in [5.74, 6) is -1.68. The van der Waals surface area contributed by atoms with Crippen molar-refractivity contribution < 1.29 is 47.9 Å². The average Bonchev–Trinajstić information content (AvgIpc) is 3.92. The topological polar surface area (TPSA) is 194 Å². The second-order valence-corrected chi connectivity index (χ2v) is 13.9. The van der Waals surface area contributed by atoms with E-state index in [1.807, 2.05) is 0 Å². The van der Waals surface area contributed by atoms with Gasteiger partial charge in [-0.3, -0.25) is 9.36 Å². The highest BCUT2D eigenvalue weighted by Crippen LogP contribution is 2.40. The molecular weight excluding hydrogens is 858 g/mol. The molecule has 2 unspecified atom stereocenters. The Labute approximate surface area is 326 Å². The summed E-state index contributed by atoms with van der Waals surface area (Å²) in [7, 11) is 4.58. The lowest BCUT2D eigenvalue weighted by atomic mass is 10.1. The number of hydrogen-bond donors (Lipinski definition) is 3. The van der Waals surface area contributed by atoms with Gasteiger partial charge in [0.05, 0.1) is 63.0 Å².